The molecule has 0 aromatic heterocycles. The van der Waals surface area contributed by atoms with E-state index in [9.17, 15) is 0 Å². The molecule has 0 N–H and O–H groups in total. The molecule has 0 unspecified atom stereocenters. The minimum absolute atomic E-state index is 0.943. The Hall–Kier alpha value is -0.730. The highest BCUT2D eigenvalue weighted by atomic mass is 15.4. The molecule has 8 heavy (non-hydrogen) atoms. The summed E-state index contributed by atoms with van der Waals surface area (Å²) in [5.74, 6) is 0. The van der Waals surface area contributed by atoms with E-state index in [-0.39, 0.29) is 0 Å². The second-order valence-corrected chi connectivity index (χ2v) is 1.48. The molecular weight excluding hydrogens is 102 g/mol. The van der Waals surface area contributed by atoms with E-state index in [2.05, 4.69) is 15.4 Å². The second kappa shape index (κ2) is 4.43. The van der Waals surface area contributed by atoms with Crippen LogP contribution in [-0.4, -0.2) is 12.8 Å². The van der Waals surface area contributed by atoms with Crippen LogP contribution in [0.4, 0.5) is 0 Å². The third-order valence-electron chi connectivity index (χ3n) is 0.817. The Balaban J connectivity index is 3.57. The minimum atomic E-state index is 0.943. The molecular formula is C5H11N3. The number of hydrogen-bond donors (Lipinski definition) is 0. The summed E-state index contributed by atoms with van der Waals surface area (Å²) < 4.78 is 0. The van der Waals surface area contributed by atoms with Gasteiger partial charge < -0.3 is 0 Å². The number of hydrogen-bond acceptors (Lipinski definition) is 2. The van der Waals surface area contributed by atoms with Gasteiger partial charge in [0.25, 0.3) is 0 Å². The minimum Gasteiger partial charge on any atom is -0.172 e. The van der Waals surface area contributed by atoms with Gasteiger partial charge in [-0.05, 0) is 13.3 Å². The summed E-state index contributed by atoms with van der Waals surface area (Å²) in [6, 6.07) is 0. The Kier molecular flexibility index (Phi) is 4.03. The van der Waals surface area contributed by atoms with Gasteiger partial charge in [0.2, 0.25) is 0 Å². The van der Waals surface area contributed by atoms with Crippen molar-refractivity contribution in [3.8, 4) is 0 Å². The first-order valence-corrected chi connectivity index (χ1v) is 2.63. The predicted molar refractivity (Wildman–Crippen MR) is 34.2 cm³/mol. The van der Waals surface area contributed by atoms with Crippen LogP contribution in [-0.2, 0) is 0 Å². The van der Waals surface area contributed by atoms with Crippen molar-refractivity contribution in [2.45, 2.75) is 20.3 Å². The number of nitrogens with zero attached hydrogens (tertiary/aromatic N) is 3. The quantitative estimate of drug-likeness (QED) is 0.298. The smallest absolute Gasteiger partial charge is 0.0509 e. The molecule has 0 atom stereocenters. The summed E-state index contributed by atoms with van der Waals surface area (Å²) in [5, 5.41) is 10.7. The molecule has 0 aromatic carbocycles. The van der Waals surface area contributed by atoms with E-state index in [0.717, 1.165) is 12.1 Å². The van der Waals surface area contributed by atoms with Crippen LogP contribution in [0.25, 0.3) is 0 Å². The molecule has 0 fully saturated rings. The SMILES string of the molecule is CC/C(C)=N/N=NC. The van der Waals surface area contributed by atoms with E-state index < -0.39 is 0 Å². The van der Waals surface area contributed by atoms with Gasteiger partial charge in [0, 0.05) is 5.71 Å². The Bertz CT molecular complexity index is 104. The molecule has 46 valence electrons. The Morgan fingerprint density at radius 3 is 2.50 bits per heavy atom. The van der Waals surface area contributed by atoms with E-state index in [1.54, 1.807) is 7.05 Å². The lowest BCUT2D eigenvalue weighted by molar-refractivity contribution is 1.00. The third kappa shape index (κ3) is 3.46. The predicted octanol–water partition coefficient (Wildman–Crippen LogP) is 1.85. The number of rotatable bonds is 2. The molecule has 0 saturated carbocycles. The zero-order valence-electron chi connectivity index (χ0n) is 5.55. The Morgan fingerprint density at radius 2 is 2.12 bits per heavy atom. The first-order valence-electron chi connectivity index (χ1n) is 2.63. The third-order valence-corrected chi connectivity index (χ3v) is 0.817. The van der Waals surface area contributed by atoms with Crippen LogP contribution in [0.3, 0.4) is 0 Å². The molecule has 0 bridgehead atoms. The van der Waals surface area contributed by atoms with Crippen LogP contribution < -0.4 is 0 Å². The van der Waals surface area contributed by atoms with Gasteiger partial charge in [-0.1, -0.05) is 12.1 Å². The van der Waals surface area contributed by atoms with Crippen molar-refractivity contribution in [3.05, 3.63) is 0 Å². The van der Waals surface area contributed by atoms with Gasteiger partial charge in [-0.3, -0.25) is 0 Å². The fourth-order valence-corrected chi connectivity index (χ4v) is 0.192. The van der Waals surface area contributed by atoms with E-state index >= 15 is 0 Å². The molecule has 3 heteroatoms. The normalized spacial score (nSPS) is 13.1. The van der Waals surface area contributed by atoms with Crippen molar-refractivity contribution in [1.82, 2.24) is 0 Å². The molecule has 0 rings (SSSR count). The van der Waals surface area contributed by atoms with Gasteiger partial charge in [0.1, 0.15) is 0 Å². The van der Waals surface area contributed by atoms with Crippen molar-refractivity contribution in [3.63, 3.8) is 0 Å². The topological polar surface area (TPSA) is 37.1 Å². The summed E-state index contributed by atoms with van der Waals surface area (Å²) in [6.45, 7) is 3.96. The molecule has 0 aliphatic rings. The van der Waals surface area contributed by atoms with Crippen LogP contribution >= 0.6 is 0 Å². The fourth-order valence-electron chi connectivity index (χ4n) is 0.192. The summed E-state index contributed by atoms with van der Waals surface area (Å²) in [4.78, 5) is 0. The lowest BCUT2D eigenvalue weighted by atomic mass is 10.3. The summed E-state index contributed by atoms with van der Waals surface area (Å²) in [7, 11) is 1.60. The van der Waals surface area contributed by atoms with Gasteiger partial charge in [-0.15, -0.1) is 5.10 Å². The maximum Gasteiger partial charge on any atom is 0.0509 e. The first-order chi connectivity index (χ1) is 3.81. The van der Waals surface area contributed by atoms with Crippen molar-refractivity contribution < 1.29 is 0 Å². The Labute approximate surface area is 49.5 Å². The van der Waals surface area contributed by atoms with Crippen molar-refractivity contribution in [2.75, 3.05) is 7.05 Å². The maximum absolute atomic E-state index is 3.74. The zero-order chi connectivity index (χ0) is 6.41. The highest BCUT2D eigenvalue weighted by molar-refractivity contribution is 5.81. The van der Waals surface area contributed by atoms with Crippen LogP contribution in [0, 0.1) is 0 Å². The van der Waals surface area contributed by atoms with Crippen LogP contribution in [0.5, 0.6) is 0 Å². The lowest BCUT2D eigenvalue weighted by Gasteiger charge is -1.83. The maximum atomic E-state index is 3.74. The molecule has 0 radical (unpaired) electrons. The van der Waals surface area contributed by atoms with Crippen LogP contribution in [0.1, 0.15) is 20.3 Å². The summed E-state index contributed by atoms with van der Waals surface area (Å²) in [6.07, 6.45) is 0.943. The summed E-state index contributed by atoms with van der Waals surface area (Å²) >= 11 is 0. The van der Waals surface area contributed by atoms with E-state index in [1.807, 2.05) is 13.8 Å². The molecule has 0 heterocycles. The monoisotopic (exact) mass is 113 g/mol. The van der Waals surface area contributed by atoms with E-state index in [4.69, 9.17) is 0 Å². The molecule has 0 aromatic rings. The zero-order valence-corrected chi connectivity index (χ0v) is 5.55. The average molecular weight is 113 g/mol. The highest BCUT2D eigenvalue weighted by Gasteiger charge is 1.79. The fraction of sp³-hybridized carbons (Fsp3) is 0.800. The van der Waals surface area contributed by atoms with Crippen LogP contribution in [0.2, 0.25) is 0 Å². The molecule has 0 saturated heterocycles. The van der Waals surface area contributed by atoms with Gasteiger partial charge in [-0.2, -0.15) is 5.11 Å². The molecule has 0 spiro atoms. The summed E-state index contributed by atoms with van der Waals surface area (Å²) in [5.41, 5.74) is 1.01. The van der Waals surface area contributed by atoms with E-state index in [0.29, 0.717) is 0 Å². The van der Waals surface area contributed by atoms with Gasteiger partial charge in [0.05, 0.1) is 7.05 Å². The van der Waals surface area contributed by atoms with Gasteiger partial charge in [-0.25, -0.2) is 0 Å². The highest BCUT2D eigenvalue weighted by Crippen LogP contribution is 1.84. The van der Waals surface area contributed by atoms with Crippen molar-refractivity contribution in [2.24, 2.45) is 15.4 Å². The average Bonchev–Trinajstić information content (AvgIpc) is 1.83. The molecule has 3 nitrogen and oxygen atoms in total. The largest absolute Gasteiger partial charge is 0.172 e. The molecule has 0 aliphatic carbocycles. The van der Waals surface area contributed by atoms with Gasteiger partial charge >= 0.3 is 0 Å². The van der Waals surface area contributed by atoms with Gasteiger partial charge in [0.15, 0.2) is 0 Å². The van der Waals surface area contributed by atoms with Crippen molar-refractivity contribution in [1.29, 1.82) is 0 Å². The Morgan fingerprint density at radius 1 is 1.50 bits per heavy atom. The molecule has 0 aliphatic heterocycles. The van der Waals surface area contributed by atoms with Crippen LogP contribution in [0.15, 0.2) is 15.4 Å². The van der Waals surface area contributed by atoms with Crippen molar-refractivity contribution >= 4 is 5.71 Å². The van der Waals surface area contributed by atoms with E-state index in [1.165, 1.54) is 0 Å². The first kappa shape index (κ1) is 7.27. The lowest BCUT2D eigenvalue weighted by Crippen LogP contribution is -1.82. The molecule has 0 amide bonds. The standard InChI is InChI=1S/C5H11N3/c1-4-5(2)7-8-6-3/h4H2,1-3H3/b7-5+,8-6?. The second-order valence-electron chi connectivity index (χ2n) is 1.48.